The van der Waals surface area contributed by atoms with Gasteiger partial charge in [-0.2, -0.15) is 0 Å². The molecule has 102 valence electrons. The van der Waals surface area contributed by atoms with Crippen molar-refractivity contribution >= 4 is 11.8 Å². The monoisotopic (exact) mass is 260 g/mol. The van der Waals surface area contributed by atoms with E-state index in [4.69, 9.17) is 0 Å². The van der Waals surface area contributed by atoms with Gasteiger partial charge in [-0.25, -0.2) is 0 Å². The van der Waals surface area contributed by atoms with Crippen LogP contribution in [0.4, 0.5) is 0 Å². The van der Waals surface area contributed by atoms with E-state index in [2.05, 4.69) is 10.6 Å². The molecule has 1 aromatic rings. The van der Waals surface area contributed by atoms with Crippen LogP contribution in [0.15, 0.2) is 30.3 Å². The average molecular weight is 260 g/mol. The minimum Gasteiger partial charge on any atom is -0.354 e. The van der Waals surface area contributed by atoms with E-state index in [1.54, 1.807) is 0 Å². The Hall–Kier alpha value is -1.84. The van der Waals surface area contributed by atoms with Crippen LogP contribution in [0.25, 0.3) is 0 Å². The van der Waals surface area contributed by atoms with Gasteiger partial charge in [0.1, 0.15) is 0 Å². The summed E-state index contributed by atoms with van der Waals surface area (Å²) in [6.07, 6.45) is 3.85. The van der Waals surface area contributed by atoms with E-state index >= 15 is 0 Å². The van der Waals surface area contributed by atoms with Crippen molar-refractivity contribution in [3.05, 3.63) is 35.9 Å². The van der Waals surface area contributed by atoms with E-state index in [-0.39, 0.29) is 24.3 Å². The molecule has 2 amide bonds. The molecule has 4 nitrogen and oxygen atoms in total. The molecule has 0 aliphatic heterocycles. The molecule has 1 aliphatic rings. The third kappa shape index (κ3) is 4.39. The van der Waals surface area contributed by atoms with Crippen molar-refractivity contribution in [3.8, 4) is 0 Å². The summed E-state index contributed by atoms with van der Waals surface area (Å²) in [5, 5.41) is 5.49. The minimum absolute atomic E-state index is 0.0180. The van der Waals surface area contributed by atoms with Gasteiger partial charge in [0.05, 0.1) is 6.54 Å². The molecule has 0 heterocycles. The van der Waals surface area contributed by atoms with E-state index in [0.29, 0.717) is 6.54 Å². The van der Waals surface area contributed by atoms with Gasteiger partial charge in [-0.1, -0.05) is 36.8 Å². The molecule has 1 aliphatic carbocycles. The molecule has 0 atom stereocenters. The van der Waals surface area contributed by atoms with Crippen LogP contribution in [0.5, 0.6) is 0 Å². The van der Waals surface area contributed by atoms with E-state index in [0.717, 1.165) is 25.7 Å². The number of nitrogens with one attached hydrogen (secondary N) is 2. The van der Waals surface area contributed by atoms with Crippen LogP contribution in [0.1, 0.15) is 24.8 Å². The van der Waals surface area contributed by atoms with Crippen LogP contribution >= 0.6 is 0 Å². The van der Waals surface area contributed by atoms with Gasteiger partial charge in [0.2, 0.25) is 11.8 Å². The third-order valence-corrected chi connectivity index (χ3v) is 3.48. The highest BCUT2D eigenvalue weighted by Gasteiger charge is 2.25. The number of rotatable bonds is 6. The Labute approximate surface area is 113 Å². The Bertz CT molecular complexity index is 427. The lowest BCUT2D eigenvalue weighted by Gasteiger charge is -2.23. The van der Waals surface area contributed by atoms with Crippen LogP contribution in [-0.4, -0.2) is 24.9 Å². The van der Waals surface area contributed by atoms with Gasteiger partial charge in [0, 0.05) is 12.5 Å². The van der Waals surface area contributed by atoms with Gasteiger partial charge in [0.15, 0.2) is 0 Å². The number of amides is 2. The van der Waals surface area contributed by atoms with Crippen LogP contribution in [0, 0.1) is 5.92 Å². The van der Waals surface area contributed by atoms with Crippen LogP contribution < -0.4 is 10.6 Å². The van der Waals surface area contributed by atoms with Crippen molar-refractivity contribution in [2.75, 3.05) is 13.1 Å². The van der Waals surface area contributed by atoms with Gasteiger partial charge in [-0.05, 0) is 24.8 Å². The standard InChI is InChI=1S/C15H20N2O2/c18-14(11-17-15(19)13-7-4-8-13)16-10-9-12-5-2-1-3-6-12/h1-3,5-6,13H,4,7-11H2,(H,16,18)(H,17,19). The second-order valence-corrected chi connectivity index (χ2v) is 4.93. The number of carbonyl (C=O) groups excluding carboxylic acids is 2. The molecule has 1 fully saturated rings. The summed E-state index contributed by atoms with van der Waals surface area (Å²) in [5.41, 5.74) is 1.20. The number of benzene rings is 1. The smallest absolute Gasteiger partial charge is 0.239 e. The molecule has 1 saturated carbocycles. The average Bonchev–Trinajstić information content (AvgIpc) is 2.36. The van der Waals surface area contributed by atoms with E-state index in [1.807, 2.05) is 30.3 Å². The number of carbonyl (C=O) groups is 2. The highest BCUT2D eigenvalue weighted by Crippen LogP contribution is 2.25. The fourth-order valence-electron chi connectivity index (χ4n) is 2.04. The maximum atomic E-state index is 11.5. The van der Waals surface area contributed by atoms with Crippen molar-refractivity contribution in [2.24, 2.45) is 5.92 Å². The number of hydrogen-bond acceptors (Lipinski definition) is 2. The quantitative estimate of drug-likeness (QED) is 0.809. The maximum Gasteiger partial charge on any atom is 0.239 e. The molecule has 0 bridgehead atoms. The summed E-state index contributed by atoms with van der Waals surface area (Å²) in [6, 6.07) is 10.00. The molecular weight excluding hydrogens is 240 g/mol. The Balaban J connectivity index is 1.58. The second-order valence-electron chi connectivity index (χ2n) is 4.93. The summed E-state index contributed by atoms with van der Waals surface area (Å²) in [6.45, 7) is 0.687. The first-order chi connectivity index (χ1) is 9.25. The van der Waals surface area contributed by atoms with Crippen molar-refractivity contribution in [2.45, 2.75) is 25.7 Å². The maximum absolute atomic E-state index is 11.5. The van der Waals surface area contributed by atoms with Crippen molar-refractivity contribution in [1.82, 2.24) is 10.6 Å². The summed E-state index contributed by atoms with van der Waals surface area (Å²) in [7, 11) is 0. The normalized spacial score (nSPS) is 14.5. The van der Waals surface area contributed by atoms with Crippen molar-refractivity contribution in [1.29, 1.82) is 0 Å². The predicted octanol–water partition coefficient (Wildman–Crippen LogP) is 1.26. The largest absolute Gasteiger partial charge is 0.354 e. The molecule has 0 unspecified atom stereocenters. The van der Waals surface area contributed by atoms with Gasteiger partial charge in [-0.3, -0.25) is 9.59 Å². The lowest BCUT2D eigenvalue weighted by Crippen LogP contribution is -2.41. The van der Waals surface area contributed by atoms with E-state index in [1.165, 1.54) is 5.56 Å². The predicted molar refractivity (Wildman–Crippen MR) is 73.5 cm³/mol. The Morgan fingerprint density at radius 1 is 1.11 bits per heavy atom. The SMILES string of the molecule is O=C(CNC(=O)C1CCC1)NCCc1ccccc1. The molecule has 2 rings (SSSR count). The van der Waals surface area contributed by atoms with Crippen molar-refractivity contribution < 1.29 is 9.59 Å². The van der Waals surface area contributed by atoms with Gasteiger partial charge in [0.25, 0.3) is 0 Å². The molecule has 2 N–H and O–H groups in total. The minimum atomic E-state index is -0.122. The molecule has 0 spiro atoms. The van der Waals surface area contributed by atoms with Gasteiger partial charge < -0.3 is 10.6 Å². The second kappa shape index (κ2) is 6.92. The molecule has 4 heteroatoms. The summed E-state index contributed by atoms with van der Waals surface area (Å²) in [5.74, 6) is 0.0326. The van der Waals surface area contributed by atoms with Crippen molar-refractivity contribution in [3.63, 3.8) is 0 Å². The fraction of sp³-hybridized carbons (Fsp3) is 0.467. The molecule has 0 radical (unpaired) electrons. The molecular formula is C15H20N2O2. The summed E-state index contributed by atoms with van der Waals surface area (Å²) < 4.78 is 0. The zero-order valence-corrected chi connectivity index (χ0v) is 11.0. The summed E-state index contributed by atoms with van der Waals surface area (Å²) >= 11 is 0. The highest BCUT2D eigenvalue weighted by molar-refractivity contribution is 5.86. The Kier molecular flexibility index (Phi) is 4.95. The zero-order valence-electron chi connectivity index (χ0n) is 11.0. The van der Waals surface area contributed by atoms with Crippen LogP contribution in [-0.2, 0) is 16.0 Å². The van der Waals surface area contributed by atoms with Crippen LogP contribution in [0.2, 0.25) is 0 Å². The Morgan fingerprint density at radius 3 is 2.47 bits per heavy atom. The summed E-state index contributed by atoms with van der Waals surface area (Å²) in [4.78, 5) is 23.1. The molecule has 19 heavy (non-hydrogen) atoms. The highest BCUT2D eigenvalue weighted by atomic mass is 16.2. The van der Waals surface area contributed by atoms with Gasteiger partial charge >= 0.3 is 0 Å². The fourth-order valence-corrected chi connectivity index (χ4v) is 2.04. The lowest BCUT2D eigenvalue weighted by molar-refractivity contribution is -0.130. The van der Waals surface area contributed by atoms with E-state index in [9.17, 15) is 9.59 Å². The third-order valence-electron chi connectivity index (χ3n) is 3.48. The first-order valence-electron chi connectivity index (χ1n) is 6.84. The van der Waals surface area contributed by atoms with E-state index < -0.39 is 0 Å². The van der Waals surface area contributed by atoms with Crippen LogP contribution in [0.3, 0.4) is 0 Å². The first-order valence-corrected chi connectivity index (χ1v) is 6.84. The van der Waals surface area contributed by atoms with Gasteiger partial charge in [-0.15, -0.1) is 0 Å². The first kappa shape index (κ1) is 13.6. The number of hydrogen-bond donors (Lipinski definition) is 2. The Morgan fingerprint density at radius 2 is 1.84 bits per heavy atom. The topological polar surface area (TPSA) is 58.2 Å². The molecule has 1 aromatic carbocycles. The molecule has 0 saturated heterocycles. The molecule has 0 aromatic heterocycles. The zero-order chi connectivity index (χ0) is 13.5. The lowest BCUT2D eigenvalue weighted by atomic mass is 9.85.